The van der Waals surface area contributed by atoms with Crippen molar-refractivity contribution in [2.75, 3.05) is 20.3 Å². The topological polar surface area (TPSA) is 64.3 Å². The highest BCUT2D eigenvalue weighted by atomic mass is 35.5. The highest BCUT2D eigenvalue weighted by Crippen LogP contribution is 2.14. The second kappa shape index (κ2) is 8.85. The predicted molar refractivity (Wildman–Crippen MR) is 74.6 cm³/mol. The van der Waals surface area contributed by atoms with Crippen LogP contribution in [0.3, 0.4) is 0 Å². The summed E-state index contributed by atoms with van der Waals surface area (Å²) in [5.41, 5.74) is 6.24. The van der Waals surface area contributed by atoms with Crippen molar-refractivity contribution < 1.29 is 13.9 Å². The number of halogens is 2. The molecule has 0 bridgehead atoms. The van der Waals surface area contributed by atoms with Crippen LogP contribution in [-0.4, -0.2) is 26.2 Å². The van der Waals surface area contributed by atoms with Gasteiger partial charge in [0.1, 0.15) is 5.82 Å². The molecule has 108 valence electrons. The van der Waals surface area contributed by atoms with Crippen LogP contribution in [0, 0.1) is 11.7 Å². The number of nitrogens with one attached hydrogen (secondary N) is 1. The molecule has 2 unspecified atom stereocenters. The summed E-state index contributed by atoms with van der Waals surface area (Å²) < 4.78 is 17.9. The van der Waals surface area contributed by atoms with Crippen LogP contribution in [-0.2, 0) is 9.53 Å². The average Bonchev–Trinajstić information content (AvgIpc) is 2.38. The van der Waals surface area contributed by atoms with Crippen LogP contribution in [0.15, 0.2) is 24.3 Å². The summed E-state index contributed by atoms with van der Waals surface area (Å²) >= 11 is 0. The van der Waals surface area contributed by atoms with Gasteiger partial charge in [0, 0.05) is 19.6 Å². The van der Waals surface area contributed by atoms with Gasteiger partial charge in [-0.1, -0.05) is 19.1 Å². The van der Waals surface area contributed by atoms with E-state index < -0.39 is 0 Å². The van der Waals surface area contributed by atoms with Gasteiger partial charge >= 0.3 is 0 Å². The molecule has 0 spiro atoms. The van der Waals surface area contributed by atoms with Crippen molar-refractivity contribution in [3.8, 4) is 0 Å². The highest BCUT2D eigenvalue weighted by molar-refractivity contribution is 5.85. The smallest absolute Gasteiger partial charge is 0.224 e. The Morgan fingerprint density at radius 1 is 1.42 bits per heavy atom. The number of hydrogen-bond acceptors (Lipinski definition) is 3. The number of benzene rings is 1. The zero-order chi connectivity index (χ0) is 13.5. The molecule has 6 heteroatoms. The summed E-state index contributed by atoms with van der Waals surface area (Å²) in [7, 11) is 1.55. The van der Waals surface area contributed by atoms with E-state index in [-0.39, 0.29) is 42.6 Å². The molecule has 19 heavy (non-hydrogen) atoms. The maximum absolute atomic E-state index is 12.8. The molecule has 1 aromatic carbocycles. The predicted octanol–water partition coefficient (Wildman–Crippen LogP) is 1.65. The van der Waals surface area contributed by atoms with Gasteiger partial charge in [0.2, 0.25) is 5.91 Å². The molecule has 0 aliphatic carbocycles. The zero-order valence-corrected chi connectivity index (χ0v) is 11.9. The third kappa shape index (κ3) is 5.55. The van der Waals surface area contributed by atoms with E-state index in [1.165, 1.54) is 12.1 Å². The molecule has 0 saturated heterocycles. The lowest BCUT2D eigenvalue weighted by atomic mass is 10.1. The Labute approximate surface area is 118 Å². The first-order valence-corrected chi connectivity index (χ1v) is 5.83. The van der Waals surface area contributed by atoms with E-state index in [9.17, 15) is 9.18 Å². The van der Waals surface area contributed by atoms with E-state index in [2.05, 4.69) is 5.32 Å². The maximum atomic E-state index is 12.8. The minimum atomic E-state index is -0.309. The normalized spacial score (nSPS) is 13.3. The second-order valence-electron chi connectivity index (χ2n) is 4.20. The van der Waals surface area contributed by atoms with Gasteiger partial charge in [0.25, 0.3) is 0 Å². The van der Waals surface area contributed by atoms with E-state index in [1.807, 2.05) is 0 Å². The first-order chi connectivity index (χ1) is 8.58. The average molecular weight is 291 g/mol. The van der Waals surface area contributed by atoms with Crippen LogP contribution in [0.5, 0.6) is 0 Å². The molecular weight excluding hydrogens is 271 g/mol. The SMILES string of the molecule is COCC(NC(=O)C(C)CN)c1ccc(F)cc1.Cl. The van der Waals surface area contributed by atoms with E-state index >= 15 is 0 Å². The third-order valence-corrected chi connectivity index (χ3v) is 2.72. The van der Waals surface area contributed by atoms with Crippen molar-refractivity contribution in [3.63, 3.8) is 0 Å². The Morgan fingerprint density at radius 3 is 2.47 bits per heavy atom. The van der Waals surface area contributed by atoms with E-state index in [0.29, 0.717) is 6.61 Å². The zero-order valence-electron chi connectivity index (χ0n) is 11.1. The molecule has 0 saturated carbocycles. The Morgan fingerprint density at radius 2 is 2.00 bits per heavy atom. The Hall–Kier alpha value is -1.17. The van der Waals surface area contributed by atoms with Crippen LogP contribution in [0.25, 0.3) is 0 Å². The van der Waals surface area contributed by atoms with E-state index in [0.717, 1.165) is 5.56 Å². The molecule has 0 aliphatic rings. The number of methoxy groups -OCH3 is 1. The van der Waals surface area contributed by atoms with Crippen molar-refractivity contribution in [2.24, 2.45) is 11.7 Å². The lowest BCUT2D eigenvalue weighted by molar-refractivity contribution is -0.125. The van der Waals surface area contributed by atoms with Gasteiger partial charge in [-0.2, -0.15) is 0 Å². The fourth-order valence-corrected chi connectivity index (χ4v) is 1.50. The summed E-state index contributed by atoms with van der Waals surface area (Å²) in [5.74, 6) is -0.703. The van der Waals surface area contributed by atoms with Gasteiger partial charge in [-0.3, -0.25) is 4.79 Å². The van der Waals surface area contributed by atoms with E-state index in [4.69, 9.17) is 10.5 Å². The van der Waals surface area contributed by atoms with Gasteiger partial charge in [0.15, 0.2) is 0 Å². The van der Waals surface area contributed by atoms with Crippen LogP contribution >= 0.6 is 12.4 Å². The summed E-state index contributed by atoms with van der Waals surface area (Å²) in [6.07, 6.45) is 0. The number of carbonyl (C=O) groups excluding carboxylic acids is 1. The first-order valence-electron chi connectivity index (χ1n) is 5.83. The van der Waals surface area contributed by atoms with Gasteiger partial charge in [0.05, 0.1) is 12.6 Å². The highest BCUT2D eigenvalue weighted by Gasteiger charge is 2.18. The summed E-state index contributed by atoms with van der Waals surface area (Å²) in [5, 5.41) is 2.84. The fourth-order valence-electron chi connectivity index (χ4n) is 1.50. The molecule has 0 fully saturated rings. The number of amides is 1. The van der Waals surface area contributed by atoms with Gasteiger partial charge < -0.3 is 15.8 Å². The molecule has 2 atom stereocenters. The monoisotopic (exact) mass is 290 g/mol. The molecule has 4 nitrogen and oxygen atoms in total. The maximum Gasteiger partial charge on any atom is 0.224 e. The largest absolute Gasteiger partial charge is 0.382 e. The molecule has 0 aliphatic heterocycles. The standard InChI is InChI=1S/C13H19FN2O2.ClH/c1-9(7-15)13(17)16-12(8-18-2)10-3-5-11(14)6-4-10;/h3-6,9,12H,7-8,15H2,1-2H3,(H,16,17);1H. The number of nitrogens with two attached hydrogens (primary N) is 1. The van der Waals surface area contributed by atoms with Gasteiger partial charge in [-0.05, 0) is 17.7 Å². The fraction of sp³-hybridized carbons (Fsp3) is 0.462. The van der Waals surface area contributed by atoms with Crippen molar-refractivity contribution in [1.29, 1.82) is 0 Å². The number of ether oxygens (including phenoxy) is 1. The van der Waals surface area contributed by atoms with Gasteiger partial charge in [-0.15, -0.1) is 12.4 Å². The van der Waals surface area contributed by atoms with Crippen LogP contribution in [0.2, 0.25) is 0 Å². The lowest BCUT2D eigenvalue weighted by Gasteiger charge is -2.20. The van der Waals surface area contributed by atoms with Crippen molar-refractivity contribution >= 4 is 18.3 Å². The molecular formula is C13H20ClFN2O2. The number of hydrogen-bond donors (Lipinski definition) is 2. The van der Waals surface area contributed by atoms with Crippen molar-refractivity contribution in [1.82, 2.24) is 5.32 Å². The molecule has 0 heterocycles. The van der Waals surface area contributed by atoms with Crippen LogP contribution < -0.4 is 11.1 Å². The number of carbonyl (C=O) groups is 1. The van der Waals surface area contributed by atoms with E-state index in [1.54, 1.807) is 26.2 Å². The Balaban J connectivity index is 0.00000324. The Kier molecular flexibility index (Phi) is 8.30. The first kappa shape index (κ1) is 17.8. The summed E-state index contributed by atoms with van der Waals surface area (Å²) in [4.78, 5) is 11.8. The van der Waals surface area contributed by atoms with Gasteiger partial charge in [-0.25, -0.2) is 4.39 Å². The summed E-state index contributed by atoms with van der Waals surface area (Å²) in [6, 6.07) is 5.68. The Bertz CT molecular complexity index is 387. The molecule has 1 rings (SSSR count). The molecule has 3 N–H and O–H groups in total. The van der Waals surface area contributed by atoms with Crippen LogP contribution in [0.1, 0.15) is 18.5 Å². The molecule has 1 amide bonds. The van der Waals surface area contributed by atoms with Crippen LogP contribution in [0.4, 0.5) is 4.39 Å². The number of rotatable bonds is 6. The van der Waals surface area contributed by atoms with Crippen molar-refractivity contribution in [2.45, 2.75) is 13.0 Å². The third-order valence-electron chi connectivity index (χ3n) is 2.72. The quantitative estimate of drug-likeness (QED) is 0.837. The minimum absolute atomic E-state index is 0. The lowest BCUT2D eigenvalue weighted by Crippen LogP contribution is -2.37. The second-order valence-corrected chi connectivity index (χ2v) is 4.20. The molecule has 1 aromatic rings. The van der Waals surface area contributed by atoms with Crippen molar-refractivity contribution in [3.05, 3.63) is 35.6 Å². The molecule has 0 radical (unpaired) electrons. The minimum Gasteiger partial charge on any atom is -0.382 e. The summed E-state index contributed by atoms with van der Waals surface area (Å²) in [6.45, 7) is 2.37. The molecule has 0 aromatic heterocycles.